The lowest BCUT2D eigenvalue weighted by atomic mass is 10.4. The van der Waals surface area contributed by atoms with E-state index >= 15 is 0 Å². The lowest BCUT2D eigenvalue weighted by Gasteiger charge is -2.09. The van der Waals surface area contributed by atoms with Crippen LogP contribution in [-0.4, -0.2) is 10.1 Å². The molecule has 0 saturated heterocycles. The number of aryl methyl sites for hydroxylation is 1. The summed E-state index contributed by atoms with van der Waals surface area (Å²) >= 11 is 6.91. The molecule has 0 radical (unpaired) electrons. The summed E-state index contributed by atoms with van der Waals surface area (Å²) in [5, 5.41) is 7.70. The first kappa shape index (κ1) is 16.5. The minimum absolute atomic E-state index is 0.536. The monoisotopic (exact) mass is 355 g/mol. The van der Waals surface area contributed by atoms with Gasteiger partial charge in [-0.2, -0.15) is 0 Å². The number of anilines is 1. The van der Waals surface area contributed by atoms with Crippen molar-refractivity contribution in [3.63, 3.8) is 0 Å². The molecule has 0 amide bonds. The minimum atomic E-state index is 0.536. The number of hydrogen-bond acceptors (Lipinski definition) is 4. The van der Waals surface area contributed by atoms with E-state index in [1.54, 1.807) is 18.0 Å². The van der Waals surface area contributed by atoms with Crippen LogP contribution >= 0.6 is 24.0 Å². The van der Waals surface area contributed by atoms with Crippen LogP contribution in [0, 0.1) is 6.92 Å². The number of nitrogens with zero attached hydrogens (tertiary/aromatic N) is 1. The molecule has 2 heterocycles. The second-order valence-electron chi connectivity index (χ2n) is 5.12. The number of thiocarbonyl (C=S) groups is 1. The van der Waals surface area contributed by atoms with E-state index in [4.69, 9.17) is 16.6 Å². The Morgan fingerprint density at radius 1 is 1.12 bits per heavy atom. The van der Waals surface area contributed by atoms with E-state index in [1.165, 1.54) is 0 Å². The molecule has 0 saturated carbocycles. The summed E-state index contributed by atoms with van der Waals surface area (Å²) in [6.45, 7) is 2.47. The lowest BCUT2D eigenvalue weighted by Crippen LogP contribution is -2.27. The highest BCUT2D eigenvalue weighted by Crippen LogP contribution is 2.25. The molecule has 4 nitrogen and oxygen atoms in total. The van der Waals surface area contributed by atoms with Gasteiger partial charge < -0.3 is 15.1 Å². The number of benzene rings is 1. The summed E-state index contributed by atoms with van der Waals surface area (Å²) in [5.41, 5.74) is 0.848. The Kier molecular flexibility index (Phi) is 5.51. The van der Waals surface area contributed by atoms with Crippen LogP contribution in [0.1, 0.15) is 11.5 Å². The highest BCUT2D eigenvalue weighted by atomic mass is 32.2. The molecule has 0 atom stereocenters. The van der Waals surface area contributed by atoms with Gasteiger partial charge in [-0.15, -0.1) is 0 Å². The van der Waals surface area contributed by atoms with Gasteiger partial charge in [0.1, 0.15) is 16.5 Å². The Hall–Kier alpha value is -2.31. The zero-order valence-corrected chi connectivity index (χ0v) is 14.8. The molecule has 0 bridgehead atoms. The van der Waals surface area contributed by atoms with E-state index in [9.17, 15) is 0 Å². The third-order valence-electron chi connectivity index (χ3n) is 3.18. The van der Waals surface area contributed by atoms with E-state index in [1.807, 2.05) is 49.4 Å². The van der Waals surface area contributed by atoms with Crippen molar-refractivity contribution in [2.45, 2.75) is 23.4 Å². The maximum absolute atomic E-state index is 5.49. The van der Waals surface area contributed by atoms with Crippen molar-refractivity contribution in [3.8, 4) is 0 Å². The molecule has 0 spiro atoms. The first-order valence-corrected chi connectivity index (χ1v) is 8.71. The Morgan fingerprint density at radius 2 is 1.96 bits per heavy atom. The lowest BCUT2D eigenvalue weighted by molar-refractivity contribution is 0.478. The zero-order chi connectivity index (χ0) is 16.8. The molecule has 24 heavy (non-hydrogen) atoms. The Morgan fingerprint density at radius 3 is 2.62 bits per heavy atom. The summed E-state index contributed by atoms with van der Waals surface area (Å²) in [6.07, 6.45) is 1.77. The molecular weight excluding hydrogens is 338 g/mol. The topological polar surface area (TPSA) is 50.1 Å². The van der Waals surface area contributed by atoms with Gasteiger partial charge in [-0.3, -0.25) is 0 Å². The van der Waals surface area contributed by atoms with E-state index in [2.05, 4.69) is 27.8 Å². The Bertz CT molecular complexity index is 801. The summed E-state index contributed by atoms with van der Waals surface area (Å²) in [4.78, 5) is 5.61. The number of pyridine rings is 1. The predicted molar refractivity (Wildman–Crippen MR) is 101 cm³/mol. The van der Waals surface area contributed by atoms with Gasteiger partial charge in [0.2, 0.25) is 0 Å². The van der Waals surface area contributed by atoms with Gasteiger partial charge in [-0.25, -0.2) is 4.98 Å². The average molecular weight is 355 g/mol. The molecule has 2 N–H and O–H groups in total. The number of rotatable bonds is 5. The molecule has 0 unspecified atom stereocenters. The first-order valence-electron chi connectivity index (χ1n) is 7.48. The van der Waals surface area contributed by atoms with Gasteiger partial charge in [-0.05, 0) is 55.5 Å². The molecule has 1 aromatic carbocycles. The van der Waals surface area contributed by atoms with Crippen molar-refractivity contribution in [2.24, 2.45) is 0 Å². The maximum atomic E-state index is 5.49. The van der Waals surface area contributed by atoms with Crippen molar-refractivity contribution in [1.82, 2.24) is 10.3 Å². The zero-order valence-electron chi connectivity index (χ0n) is 13.2. The largest absolute Gasteiger partial charge is 0.465 e. The van der Waals surface area contributed by atoms with E-state index in [0.717, 1.165) is 27.1 Å². The quantitative estimate of drug-likeness (QED) is 0.651. The molecular formula is C18H17N3OS2. The number of hydrogen-bond donors (Lipinski definition) is 2. The molecule has 2 aromatic heterocycles. The van der Waals surface area contributed by atoms with Gasteiger partial charge in [0.25, 0.3) is 0 Å². The second kappa shape index (κ2) is 7.99. The Balaban J connectivity index is 1.51. The van der Waals surface area contributed by atoms with Crippen LogP contribution in [0.15, 0.2) is 75.1 Å². The van der Waals surface area contributed by atoms with Crippen LogP contribution in [0.25, 0.3) is 0 Å². The fraction of sp³-hybridized carbons (Fsp3) is 0.111. The summed E-state index contributed by atoms with van der Waals surface area (Å²) in [5.74, 6) is 1.74. The summed E-state index contributed by atoms with van der Waals surface area (Å²) in [6, 6.07) is 18.0. The summed E-state index contributed by atoms with van der Waals surface area (Å²) < 4.78 is 5.49. The number of nitrogens with one attached hydrogen (secondary N) is 2. The fourth-order valence-corrected chi connectivity index (χ4v) is 3.01. The standard InChI is InChI=1S/C18H17N3OS2/c1-13-7-9-15(22-13)12-20-18(23)21-14-8-10-17(19-11-14)24-16-5-3-2-4-6-16/h2-11H,12H2,1H3,(H2,20,21,23). The van der Waals surface area contributed by atoms with Crippen LogP contribution in [0.4, 0.5) is 5.69 Å². The van der Waals surface area contributed by atoms with E-state index in [-0.39, 0.29) is 0 Å². The van der Waals surface area contributed by atoms with Gasteiger partial charge in [0.15, 0.2) is 5.11 Å². The highest BCUT2D eigenvalue weighted by Gasteiger charge is 2.03. The summed E-state index contributed by atoms with van der Waals surface area (Å²) in [7, 11) is 0. The van der Waals surface area contributed by atoms with Crippen molar-refractivity contribution < 1.29 is 4.42 Å². The molecule has 6 heteroatoms. The van der Waals surface area contributed by atoms with E-state index in [0.29, 0.717) is 11.7 Å². The first-order chi connectivity index (χ1) is 11.7. The van der Waals surface area contributed by atoms with Gasteiger partial charge in [-0.1, -0.05) is 30.0 Å². The normalized spacial score (nSPS) is 10.4. The van der Waals surface area contributed by atoms with Crippen LogP contribution in [0.3, 0.4) is 0 Å². The number of furan rings is 1. The number of aromatic nitrogens is 1. The van der Waals surface area contributed by atoms with Crippen LogP contribution in [0.5, 0.6) is 0 Å². The molecule has 3 aromatic rings. The van der Waals surface area contributed by atoms with Crippen LogP contribution < -0.4 is 10.6 Å². The smallest absolute Gasteiger partial charge is 0.171 e. The van der Waals surface area contributed by atoms with Crippen molar-refractivity contribution >= 4 is 34.8 Å². The predicted octanol–water partition coefficient (Wildman–Crippen LogP) is 4.62. The maximum Gasteiger partial charge on any atom is 0.171 e. The average Bonchev–Trinajstić information content (AvgIpc) is 3.01. The SMILES string of the molecule is Cc1ccc(CNC(=S)Nc2ccc(Sc3ccccc3)nc2)o1. The fourth-order valence-electron chi connectivity index (χ4n) is 2.05. The van der Waals surface area contributed by atoms with Crippen molar-refractivity contribution in [2.75, 3.05) is 5.32 Å². The third kappa shape index (κ3) is 4.84. The van der Waals surface area contributed by atoms with Gasteiger partial charge in [0.05, 0.1) is 18.4 Å². The minimum Gasteiger partial charge on any atom is -0.465 e. The van der Waals surface area contributed by atoms with Gasteiger partial charge in [0, 0.05) is 4.90 Å². The highest BCUT2D eigenvalue weighted by molar-refractivity contribution is 7.99. The van der Waals surface area contributed by atoms with Crippen LogP contribution in [0.2, 0.25) is 0 Å². The molecule has 0 fully saturated rings. The van der Waals surface area contributed by atoms with Crippen LogP contribution in [-0.2, 0) is 6.54 Å². The van der Waals surface area contributed by atoms with E-state index < -0.39 is 0 Å². The molecule has 122 valence electrons. The Labute approximate surface area is 150 Å². The molecule has 0 aliphatic carbocycles. The molecule has 3 rings (SSSR count). The molecule has 0 aliphatic heterocycles. The van der Waals surface area contributed by atoms with Gasteiger partial charge >= 0.3 is 0 Å². The third-order valence-corrected chi connectivity index (χ3v) is 4.38. The molecule has 0 aliphatic rings. The van der Waals surface area contributed by atoms with Crippen molar-refractivity contribution in [1.29, 1.82) is 0 Å². The second-order valence-corrected chi connectivity index (χ2v) is 6.62. The van der Waals surface area contributed by atoms with Crippen molar-refractivity contribution in [3.05, 3.63) is 72.3 Å².